The van der Waals surface area contributed by atoms with Crippen LogP contribution in [0.3, 0.4) is 0 Å². The first-order valence-electron chi connectivity index (χ1n) is 6.27. The minimum atomic E-state index is -0.267. The van der Waals surface area contributed by atoms with Gasteiger partial charge in [-0.1, -0.05) is 38.6 Å². The van der Waals surface area contributed by atoms with Gasteiger partial charge in [-0.3, -0.25) is 4.99 Å². The van der Waals surface area contributed by atoms with Crippen LogP contribution in [-0.4, -0.2) is 17.0 Å². The van der Waals surface area contributed by atoms with E-state index in [1.807, 2.05) is 6.07 Å². The molecule has 1 aromatic carbocycles. The minimum Gasteiger partial charge on any atom is -0.332 e. The highest BCUT2D eigenvalue weighted by Gasteiger charge is 2.25. The summed E-state index contributed by atoms with van der Waals surface area (Å²) in [5, 5.41) is 4.37. The number of anilines is 1. The van der Waals surface area contributed by atoms with Crippen LogP contribution in [0.25, 0.3) is 0 Å². The van der Waals surface area contributed by atoms with Crippen molar-refractivity contribution >= 4 is 38.5 Å². The van der Waals surface area contributed by atoms with Crippen molar-refractivity contribution in [1.82, 2.24) is 0 Å². The molecule has 1 aromatic rings. The first-order valence-corrected chi connectivity index (χ1v) is 7.94. The molecule has 0 saturated carbocycles. The second-order valence-corrected chi connectivity index (χ2v) is 8.02. The Morgan fingerprint density at radius 2 is 2.21 bits per heavy atom. The summed E-state index contributed by atoms with van der Waals surface area (Å²) in [5.74, 6) is -0.267. The molecule has 1 unspecified atom stereocenters. The van der Waals surface area contributed by atoms with Crippen molar-refractivity contribution in [3.63, 3.8) is 0 Å². The largest absolute Gasteiger partial charge is 0.332 e. The quantitative estimate of drug-likeness (QED) is 0.824. The van der Waals surface area contributed by atoms with Crippen molar-refractivity contribution in [2.24, 2.45) is 10.4 Å². The second-order valence-electron chi connectivity index (χ2n) is 5.87. The maximum Gasteiger partial charge on any atom is 0.161 e. The number of benzene rings is 1. The normalized spacial score (nSPS) is 19.4. The highest BCUT2D eigenvalue weighted by molar-refractivity contribution is 9.10. The third kappa shape index (κ3) is 4.21. The Labute approximate surface area is 126 Å². The van der Waals surface area contributed by atoms with Gasteiger partial charge in [0.15, 0.2) is 5.17 Å². The second kappa shape index (κ2) is 5.83. The molecule has 104 valence electrons. The van der Waals surface area contributed by atoms with Crippen molar-refractivity contribution in [1.29, 1.82) is 0 Å². The van der Waals surface area contributed by atoms with Gasteiger partial charge in [0.25, 0.3) is 0 Å². The molecule has 0 fully saturated rings. The van der Waals surface area contributed by atoms with E-state index in [0.29, 0.717) is 16.4 Å². The standard InChI is InChI=1S/C14H18BrFN2S/c1-14(2,3)7-9-8-17-13(19-9)18-12-10(15)5-4-6-11(12)16/h4-6,9H,7-8H2,1-3H3,(H,17,18). The summed E-state index contributed by atoms with van der Waals surface area (Å²) in [7, 11) is 0. The maximum atomic E-state index is 13.7. The average Bonchev–Trinajstić information content (AvgIpc) is 2.69. The fourth-order valence-electron chi connectivity index (χ4n) is 2.00. The molecular weight excluding hydrogens is 327 g/mol. The highest BCUT2D eigenvalue weighted by atomic mass is 79.9. The Hall–Kier alpha value is -0.550. The van der Waals surface area contributed by atoms with Gasteiger partial charge in [-0.25, -0.2) is 4.39 Å². The molecule has 0 aliphatic carbocycles. The van der Waals surface area contributed by atoms with E-state index in [-0.39, 0.29) is 5.82 Å². The Balaban J connectivity index is 1.99. The van der Waals surface area contributed by atoms with E-state index < -0.39 is 0 Å². The summed E-state index contributed by atoms with van der Waals surface area (Å²) >= 11 is 5.05. The predicted octanol–water partition coefficient (Wildman–Crippen LogP) is 4.91. The van der Waals surface area contributed by atoms with Crippen molar-refractivity contribution in [3.05, 3.63) is 28.5 Å². The Morgan fingerprint density at radius 1 is 1.47 bits per heavy atom. The first-order chi connectivity index (χ1) is 8.85. The molecule has 19 heavy (non-hydrogen) atoms. The fraction of sp³-hybridized carbons (Fsp3) is 0.500. The Bertz CT molecular complexity index is 476. The van der Waals surface area contributed by atoms with Crippen molar-refractivity contribution in [3.8, 4) is 0 Å². The summed E-state index contributed by atoms with van der Waals surface area (Å²) in [6, 6.07) is 4.94. The molecule has 0 saturated heterocycles. The van der Waals surface area contributed by atoms with Gasteiger partial charge in [0.05, 0.1) is 12.2 Å². The lowest BCUT2D eigenvalue weighted by Crippen LogP contribution is -2.16. The van der Waals surface area contributed by atoms with Gasteiger partial charge in [0.1, 0.15) is 5.82 Å². The molecule has 0 bridgehead atoms. The third-order valence-electron chi connectivity index (χ3n) is 2.75. The molecule has 0 amide bonds. The van der Waals surface area contributed by atoms with Crippen LogP contribution in [0.4, 0.5) is 10.1 Å². The number of nitrogens with zero attached hydrogens (tertiary/aromatic N) is 1. The zero-order chi connectivity index (χ0) is 14.0. The molecule has 2 rings (SSSR count). The number of nitrogens with one attached hydrogen (secondary N) is 1. The van der Waals surface area contributed by atoms with E-state index in [9.17, 15) is 4.39 Å². The number of thioether (sulfide) groups is 1. The van der Waals surface area contributed by atoms with Crippen LogP contribution in [0.2, 0.25) is 0 Å². The molecule has 1 aliphatic heterocycles. The van der Waals surface area contributed by atoms with E-state index in [1.54, 1.807) is 17.8 Å². The van der Waals surface area contributed by atoms with E-state index in [4.69, 9.17) is 0 Å². The predicted molar refractivity (Wildman–Crippen MR) is 85.5 cm³/mol. The van der Waals surface area contributed by atoms with Gasteiger partial charge in [-0.15, -0.1) is 0 Å². The first kappa shape index (κ1) is 14.9. The molecule has 2 nitrogen and oxygen atoms in total. The van der Waals surface area contributed by atoms with Crippen LogP contribution in [-0.2, 0) is 0 Å². The smallest absolute Gasteiger partial charge is 0.161 e. The average molecular weight is 345 g/mol. The zero-order valence-electron chi connectivity index (χ0n) is 11.3. The van der Waals surface area contributed by atoms with Crippen molar-refractivity contribution in [2.75, 3.05) is 11.9 Å². The van der Waals surface area contributed by atoms with E-state index in [1.165, 1.54) is 6.07 Å². The Kier molecular flexibility index (Phi) is 4.56. The summed E-state index contributed by atoms with van der Waals surface area (Å²) in [6.07, 6.45) is 1.10. The van der Waals surface area contributed by atoms with Gasteiger partial charge in [-0.2, -0.15) is 0 Å². The summed E-state index contributed by atoms with van der Waals surface area (Å²) in [6.45, 7) is 7.49. The molecule has 1 heterocycles. The lowest BCUT2D eigenvalue weighted by molar-refractivity contribution is 0.375. The summed E-state index contributed by atoms with van der Waals surface area (Å²) < 4.78 is 14.4. The molecule has 0 aromatic heterocycles. The zero-order valence-corrected chi connectivity index (χ0v) is 13.7. The van der Waals surface area contributed by atoms with Crippen LogP contribution in [0.1, 0.15) is 27.2 Å². The van der Waals surface area contributed by atoms with Gasteiger partial charge in [0.2, 0.25) is 0 Å². The summed E-state index contributed by atoms with van der Waals surface area (Å²) in [4.78, 5) is 4.46. The number of halogens is 2. The van der Waals surface area contributed by atoms with E-state index >= 15 is 0 Å². The lowest BCUT2D eigenvalue weighted by atomic mass is 9.90. The van der Waals surface area contributed by atoms with Crippen molar-refractivity contribution < 1.29 is 4.39 Å². The monoisotopic (exact) mass is 344 g/mol. The molecule has 1 N–H and O–H groups in total. The molecule has 0 radical (unpaired) electrons. The highest BCUT2D eigenvalue weighted by Crippen LogP contribution is 2.34. The lowest BCUT2D eigenvalue weighted by Gasteiger charge is -2.21. The maximum absolute atomic E-state index is 13.7. The number of aliphatic imine (C=N–C) groups is 1. The third-order valence-corrected chi connectivity index (χ3v) is 4.52. The van der Waals surface area contributed by atoms with Gasteiger partial charge in [0, 0.05) is 9.72 Å². The molecule has 1 atom stereocenters. The molecule has 0 spiro atoms. The SMILES string of the molecule is CC(C)(C)CC1CN=C(Nc2c(F)cccc2Br)S1. The molecular formula is C14H18BrFN2S. The van der Waals surface area contributed by atoms with Crippen LogP contribution in [0.5, 0.6) is 0 Å². The number of hydrogen-bond acceptors (Lipinski definition) is 3. The molecule has 5 heteroatoms. The number of hydrogen-bond donors (Lipinski definition) is 1. The fourth-order valence-corrected chi connectivity index (χ4v) is 3.80. The minimum absolute atomic E-state index is 0.267. The number of amidine groups is 1. The van der Waals surface area contributed by atoms with Crippen LogP contribution < -0.4 is 5.32 Å². The van der Waals surface area contributed by atoms with E-state index in [0.717, 1.165) is 22.6 Å². The van der Waals surface area contributed by atoms with Gasteiger partial charge < -0.3 is 5.32 Å². The number of rotatable bonds is 2. The van der Waals surface area contributed by atoms with Gasteiger partial charge >= 0.3 is 0 Å². The summed E-state index contributed by atoms with van der Waals surface area (Å²) in [5.41, 5.74) is 0.756. The Morgan fingerprint density at radius 3 is 2.84 bits per heavy atom. The van der Waals surface area contributed by atoms with Crippen LogP contribution in [0.15, 0.2) is 27.7 Å². The van der Waals surface area contributed by atoms with Crippen LogP contribution in [0, 0.1) is 11.2 Å². The topological polar surface area (TPSA) is 24.4 Å². The van der Waals surface area contributed by atoms with Crippen molar-refractivity contribution in [2.45, 2.75) is 32.4 Å². The van der Waals surface area contributed by atoms with Gasteiger partial charge in [-0.05, 0) is 39.9 Å². The van der Waals surface area contributed by atoms with Crippen LogP contribution >= 0.6 is 27.7 Å². The molecule has 1 aliphatic rings. The number of para-hydroxylation sites is 1. The van der Waals surface area contributed by atoms with E-state index in [2.05, 4.69) is 47.0 Å².